The van der Waals surface area contributed by atoms with Crippen LogP contribution >= 0.6 is 0 Å². The molecule has 0 N–H and O–H groups in total. The van der Waals surface area contributed by atoms with Crippen molar-refractivity contribution in [3.05, 3.63) is 69.8 Å². The zero-order valence-corrected chi connectivity index (χ0v) is 11.6. The molecule has 1 aromatic rings. The van der Waals surface area contributed by atoms with E-state index in [1.54, 1.807) is 50.1 Å². The lowest BCUT2D eigenvalue weighted by atomic mass is 9.77. The Kier molecular flexibility index (Phi) is 1.23. The Labute approximate surface area is 123 Å². The molecular weight excluding hydrogens is 252 g/mol. The molecule has 96 valence electrons. The first-order valence-corrected chi connectivity index (χ1v) is 7.88. The molecule has 6 aliphatic rings. The van der Waals surface area contributed by atoms with Gasteiger partial charge in [-0.2, -0.15) is 0 Å². The fourth-order valence-electron chi connectivity index (χ4n) is 5.20. The van der Waals surface area contributed by atoms with Gasteiger partial charge in [-0.15, -0.1) is 0 Å². The fraction of sp³-hybridized carbons (Fsp3) is 0.143. The number of hydrogen-bond acceptors (Lipinski definition) is 0. The highest BCUT2D eigenvalue weighted by Gasteiger charge is 2.41. The van der Waals surface area contributed by atoms with Crippen LogP contribution in [0.1, 0.15) is 52.6 Å². The second-order valence-electron chi connectivity index (χ2n) is 6.85. The quantitative estimate of drug-likeness (QED) is 0.601. The number of benzene rings is 1. The molecule has 0 heteroatoms. The van der Waals surface area contributed by atoms with Crippen LogP contribution in [-0.2, 0) is 0 Å². The van der Waals surface area contributed by atoms with Gasteiger partial charge in [0, 0.05) is 0 Å². The molecule has 0 amide bonds. The van der Waals surface area contributed by atoms with Crippen LogP contribution in [0.15, 0.2) is 36.5 Å². The summed E-state index contributed by atoms with van der Waals surface area (Å²) in [4.78, 5) is 0. The van der Waals surface area contributed by atoms with Crippen LogP contribution in [0.25, 0.3) is 33.4 Å². The fourth-order valence-corrected chi connectivity index (χ4v) is 5.20. The molecule has 0 spiro atoms. The molecule has 0 saturated heterocycles. The van der Waals surface area contributed by atoms with E-state index in [0.717, 1.165) is 19.3 Å². The van der Waals surface area contributed by atoms with Gasteiger partial charge >= 0.3 is 0 Å². The molecule has 0 heterocycles. The predicted octanol–water partition coefficient (Wildman–Crippen LogP) is 5.24. The maximum absolute atomic E-state index is 2.45. The summed E-state index contributed by atoms with van der Waals surface area (Å²) in [6, 6.07) is 0. The first kappa shape index (κ1) is 9.57. The monoisotopic (exact) mass is 264 g/mol. The Morgan fingerprint density at radius 1 is 0.429 bits per heavy atom. The van der Waals surface area contributed by atoms with E-state index in [4.69, 9.17) is 0 Å². The lowest BCUT2D eigenvalue weighted by Crippen LogP contribution is -2.08. The summed E-state index contributed by atoms with van der Waals surface area (Å²) >= 11 is 0. The highest BCUT2D eigenvalue weighted by Crippen LogP contribution is 2.61. The zero-order chi connectivity index (χ0) is 13.3. The molecule has 0 aliphatic heterocycles. The predicted molar refractivity (Wildman–Crippen MR) is 88.2 cm³/mol. The SMILES string of the molecule is C1=C2C=C3CC=C4C=C5CC=C6C=C(C1)c1c2c3c4c5c16. The minimum absolute atomic E-state index is 1.11. The highest BCUT2D eigenvalue weighted by molar-refractivity contribution is 6.18. The molecular formula is C21H12. The molecule has 0 fully saturated rings. The van der Waals surface area contributed by atoms with E-state index >= 15 is 0 Å². The van der Waals surface area contributed by atoms with E-state index in [2.05, 4.69) is 36.5 Å². The van der Waals surface area contributed by atoms with Crippen molar-refractivity contribution in [2.24, 2.45) is 0 Å². The second-order valence-corrected chi connectivity index (χ2v) is 6.85. The molecule has 0 saturated carbocycles. The molecule has 0 unspecified atom stereocenters. The van der Waals surface area contributed by atoms with E-state index < -0.39 is 0 Å². The van der Waals surface area contributed by atoms with Gasteiger partial charge in [0.2, 0.25) is 0 Å². The molecule has 0 nitrogen and oxygen atoms in total. The molecule has 21 heavy (non-hydrogen) atoms. The number of rotatable bonds is 0. The van der Waals surface area contributed by atoms with Gasteiger partial charge in [0.05, 0.1) is 0 Å². The van der Waals surface area contributed by atoms with E-state index in [1.165, 1.54) is 16.7 Å². The second kappa shape index (κ2) is 2.69. The van der Waals surface area contributed by atoms with Gasteiger partial charge in [-0.3, -0.25) is 0 Å². The van der Waals surface area contributed by atoms with Crippen molar-refractivity contribution in [3.8, 4) is 0 Å². The van der Waals surface area contributed by atoms with Crippen molar-refractivity contribution in [3.63, 3.8) is 0 Å². The molecule has 1 aromatic carbocycles. The van der Waals surface area contributed by atoms with E-state index in [0.29, 0.717) is 0 Å². The highest BCUT2D eigenvalue weighted by atomic mass is 14.4. The largest absolute Gasteiger partial charge is 0.0722 e. The number of hydrogen-bond donors (Lipinski definition) is 0. The van der Waals surface area contributed by atoms with E-state index in [-0.39, 0.29) is 0 Å². The van der Waals surface area contributed by atoms with Crippen molar-refractivity contribution < 1.29 is 0 Å². The molecule has 6 aliphatic carbocycles. The van der Waals surface area contributed by atoms with Crippen LogP contribution in [0.4, 0.5) is 0 Å². The Bertz CT molecular complexity index is 872. The van der Waals surface area contributed by atoms with E-state index in [1.807, 2.05) is 0 Å². The van der Waals surface area contributed by atoms with Gasteiger partial charge < -0.3 is 0 Å². The van der Waals surface area contributed by atoms with Crippen molar-refractivity contribution >= 4 is 33.4 Å². The van der Waals surface area contributed by atoms with E-state index in [9.17, 15) is 0 Å². The average Bonchev–Trinajstić information content (AvgIpc) is 3.14. The number of allylic oxidation sites excluding steroid dienone is 12. The lowest BCUT2D eigenvalue weighted by molar-refractivity contribution is 1.29. The first-order valence-electron chi connectivity index (χ1n) is 7.88. The van der Waals surface area contributed by atoms with Gasteiger partial charge in [-0.05, 0) is 86.1 Å². The third-order valence-electron chi connectivity index (χ3n) is 5.94. The average molecular weight is 264 g/mol. The van der Waals surface area contributed by atoms with Crippen molar-refractivity contribution in [1.82, 2.24) is 0 Å². The van der Waals surface area contributed by atoms with Crippen molar-refractivity contribution in [2.75, 3.05) is 0 Å². The molecule has 7 rings (SSSR count). The summed E-state index contributed by atoms with van der Waals surface area (Å²) in [6.45, 7) is 0. The minimum atomic E-state index is 1.11. The third-order valence-corrected chi connectivity index (χ3v) is 5.94. The van der Waals surface area contributed by atoms with Crippen molar-refractivity contribution in [2.45, 2.75) is 19.3 Å². The Morgan fingerprint density at radius 3 is 1.10 bits per heavy atom. The molecule has 0 radical (unpaired) electrons. The minimum Gasteiger partial charge on any atom is -0.0722 e. The maximum atomic E-state index is 2.45. The Morgan fingerprint density at radius 2 is 0.762 bits per heavy atom. The van der Waals surface area contributed by atoms with Crippen LogP contribution in [0.3, 0.4) is 0 Å². The first-order chi connectivity index (χ1) is 10.4. The summed E-state index contributed by atoms with van der Waals surface area (Å²) in [5.74, 6) is 0. The van der Waals surface area contributed by atoms with Gasteiger partial charge in [0.1, 0.15) is 0 Å². The smallest absolute Gasteiger partial charge is 0.00231 e. The summed E-state index contributed by atoms with van der Waals surface area (Å²) in [6.07, 6.45) is 18.0. The molecule has 0 atom stereocenters. The third kappa shape index (κ3) is 0.820. The molecule has 0 bridgehead atoms. The van der Waals surface area contributed by atoms with Crippen LogP contribution in [0.5, 0.6) is 0 Å². The summed E-state index contributed by atoms with van der Waals surface area (Å²) in [7, 11) is 0. The summed E-state index contributed by atoms with van der Waals surface area (Å²) in [5, 5.41) is 0. The van der Waals surface area contributed by atoms with Gasteiger partial charge in [0.15, 0.2) is 0 Å². The summed E-state index contributed by atoms with van der Waals surface area (Å²) in [5.41, 5.74) is 18.5. The van der Waals surface area contributed by atoms with Crippen LogP contribution < -0.4 is 0 Å². The van der Waals surface area contributed by atoms with Crippen LogP contribution in [0.2, 0.25) is 0 Å². The van der Waals surface area contributed by atoms with Gasteiger partial charge in [0.25, 0.3) is 0 Å². The molecule has 0 aromatic heterocycles. The Hall–Kier alpha value is -2.34. The summed E-state index contributed by atoms with van der Waals surface area (Å²) < 4.78 is 0. The lowest BCUT2D eigenvalue weighted by Gasteiger charge is -2.26. The van der Waals surface area contributed by atoms with Gasteiger partial charge in [-0.1, -0.05) is 36.5 Å². The van der Waals surface area contributed by atoms with Crippen molar-refractivity contribution in [1.29, 1.82) is 0 Å². The Balaban J connectivity index is 1.84. The van der Waals surface area contributed by atoms with Crippen LogP contribution in [0, 0.1) is 0 Å². The zero-order valence-electron chi connectivity index (χ0n) is 11.6. The normalized spacial score (nSPS) is 23.4. The topological polar surface area (TPSA) is 0 Å². The standard InChI is InChI=1S/C21H12/c1-2-11-8-13-5-6-15-9-14-4-3-12-7-10(1)16-17(11)19(13)21(15)20(14)18(12)16/h1,4-5,7-9H,2-3,6H2. The van der Waals surface area contributed by atoms with Crippen LogP contribution in [-0.4, -0.2) is 0 Å². The maximum Gasteiger partial charge on any atom is -0.00231 e. The van der Waals surface area contributed by atoms with Gasteiger partial charge in [-0.25, -0.2) is 0 Å².